The molecule has 1 heterocycles. The number of ether oxygens (including phenoxy) is 1. The van der Waals surface area contributed by atoms with Gasteiger partial charge in [-0.2, -0.15) is 0 Å². The van der Waals surface area contributed by atoms with Crippen LogP contribution in [0, 0.1) is 0 Å². The molecule has 7 heteroatoms. The average molecular weight is 374 g/mol. The summed E-state index contributed by atoms with van der Waals surface area (Å²) in [5.41, 5.74) is 0. The van der Waals surface area contributed by atoms with Crippen molar-refractivity contribution in [1.82, 2.24) is 14.7 Å². The van der Waals surface area contributed by atoms with Crippen molar-refractivity contribution in [3.05, 3.63) is 28.2 Å². The van der Waals surface area contributed by atoms with Gasteiger partial charge in [-0.25, -0.2) is 0 Å². The number of amides is 1. The number of halogens is 2. The smallest absolute Gasteiger partial charge is 0.260 e. The Hall–Kier alpha value is -1.01. The van der Waals surface area contributed by atoms with Gasteiger partial charge >= 0.3 is 0 Å². The van der Waals surface area contributed by atoms with Crippen molar-refractivity contribution in [1.29, 1.82) is 0 Å². The second kappa shape index (κ2) is 9.47. The van der Waals surface area contributed by atoms with Gasteiger partial charge in [0.05, 0.1) is 5.02 Å². The van der Waals surface area contributed by atoms with Crippen molar-refractivity contribution in [2.75, 3.05) is 60.0 Å². The van der Waals surface area contributed by atoms with E-state index in [0.29, 0.717) is 15.8 Å². The zero-order valence-corrected chi connectivity index (χ0v) is 15.8. The number of nitrogens with zero attached hydrogens (tertiary/aromatic N) is 3. The topological polar surface area (TPSA) is 36.0 Å². The molecule has 5 nitrogen and oxygen atoms in total. The molecule has 1 aliphatic rings. The Balaban J connectivity index is 1.71. The van der Waals surface area contributed by atoms with Gasteiger partial charge in [0.1, 0.15) is 5.75 Å². The lowest BCUT2D eigenvalue weighted by Gasteiger charge is -2.34. The highest BCUT2D eigenvalue weighted by Gasteiger charge is 2.21. The lowest BCUT2D eigenvalue weighted by molar-refractivity contribution is -0.135. The predicted molar refractivity (Wildman–Crippen MR) is 98.1 cm³/mol. The summed E-state index contributed by atoms with van der Waals surface area (Å²) >= 11 is 11.9. The Kier molecular flexibility index (Phi) is 7.62. The molecule has 0 atom stereocenters. The molecular formula is C17H25Cl2N3O2. The minimum Gasteiger partial charge on any atom is -0.482 e. The first-order valence-electron chi connectivity index (χ1n) is 8.18. The normalized spacial score (nSPS) is 15.8. The van der Waals surface area contributed by atoms with E-state index in [0.717, 1.165) is 45.7 Å². The van der Waals surface area contributed by atoms with E-state index in [-0.39, 0.29) is 12.5 Å². The Labute approximate surface area is 154 Å². The van der Waals surface area contributed by atoms with E-state index in [1.165, 1.54) is 0 Å². The quantitative estimate of drug-likeness (QED) is 0.735. The van der Waals surface area contributed by atoms with Crippen LogP contribution in [0.4, 0.5) is 0 Å². The third kappa shape index (κ3) is 6.13. The van der Waals surface area contributed by atoms with Crippen molar-refractivity contribution in [3.63, 3.8) is 0 Å². The summed E-state index contributed by atoms with van der Waals surface area (Å²) < 4.78 is 5.52. The molecule has 2 rings (SSSR count). The van der Waals surface area contributed by atoms with Crippen LogP contribution in [0.2, 0.25) is 10.0 Å². The van der Waals surface area contributed by atoms with E-state index in [9.17, 15) is 4.79 Å². The van der Waals surface area contributed by atoms with Gasteiger partial charge in [-0.3, -0.25) is 9.69 Å². The lowest BCUT2D eigenvalue weighted by atomic mass is 10.3. The number of piperazine rings is 1. The van der Waals surface area contributed by atoms with Crippen LogP contribution in [0.5, 0.6) is 5.75 Å². The van der Waals surface area contributed by atoms with Gasteiger partial charge in [0, 0.05) is 31.2 Å². The average Bonchev–Trinajstić information content (AvgIpc) is 2.54. The first kappa shape index (κ1) is 19.3. The molecule has 0 aromatic heterocycles. The first-order chi connectivity index (χ1) is 11.5. The number of rotatable bonds is 7. The van der Waals surface area contributed by atoms with Gasteiger partial charge in [-0.1, -0.05) is 23.2 Å². The van der Waals surface area contributed by atoms with Crippen LogP contribution in [0.25, 0.3) is 0 Å². The first-order valence-corrected chi connectivity index (χ1v) is 8.94. The van der Waals surface area contributed by atoms with Crippen molar-refractivity contribution < 1.29 is 9.53 Å². The lowest BCUT2D eigenvalue weighted by Crippen LogP contribution is -2.50. The van der Waals surface area contributed by atoms with Crippen LogP contribution in [0.15, 0.2) is 18.2 Å². The highest BCUT2D eigenvalue weighted by Crippen LogP contribution is 2.27. The maximum atomic E-state index is 12.3. The highest BCUT2D eigenvalue weighted by atomic mass is 35.5. The molecule has 0 bridgehead atoms. The minimum absolute atomic E-state index is 0.00197. The Morgan fingerprint density at radius 1 is 1.21 bits per heavy atom. The molecule has 0 spiro atoms. The summed E-state index contributed by atoms with van der Waals surface area (Å²) in [6.45, 7) is 5.51. The number of carbonyl (C=O) groups is 1. The van der Waals surface area contributed by atoms with Crippen molar-refractivity contribution in [2.45, 2.75) is 6.42 Å². The monoisotopic (exact) mass is 373 g/mol. The molecule has 0 N–H and O–H groups in total. The zero-order chi connectivity index (χ0) is 17.5. The Bertz CT molecular complexity index is 547. The van der Waals surface area contributed by atoms with Crippen molar-refractivity contribution >= 4 is 29.1 Å². The number of hydrogen-bond acceptors (Lipinski definition) is 4. The van der Waals surface area contributed by atoms with Crippen LogP contribution in [0.3, 0.4) is 0 Å². The van der Waals surface area contributed by atoms with Crippen LogP contribution in [0.1, 0.15) is 6.42 Å². The number of carbonyl (C=O) groups excluding carboxylic acids is 1. The van der Waals surface area contributed by atoms with E-state index in [1.807, 2.05) is 4.90 Å². The van der Waals surface area contributed by atoms with Crippen LogP contribution < -0.4 is 4.74 Å². The number of hydrogen-bond donors (Lipinski definition) is 0. The second-order valence-electron chi connectivity index (χ2n) is 6.24. The standard InChI is InChI=1S/C17H25Cl2N3O2/c1-20(2)6-3-7-21-8-10-22(11-9-21)17(23)13-24-16-5-4-14(18)12-15(16)19/h4-5,12H,3,6-11,13H2,1-2H3. The maximum Gasteiger partial charge on any atom is 0.260 e. The van der Waals surface area contributed by atoms with Crippen molar-refractivity contribution in [2.24, 2.45) is 0 Å². The minimum atomic E-state index is -0.00559. The fraction of sp³-hybridized carbons (Fsp3) is 0.588. The SMILES string of the molecule is CN(C)CCCN1CCN(C(=O)COc2ccc(Cl)cc2Cl)CC1. The predicted octanol–water partition coefficient (Wildman–Crippen LogP) is 2.47. The third-order valence-electron chi connectivity index (χ3n) is 4.05. The summed E-state index contributed by atoms with van der Waals surface area (Å²) in [5, 5.41) is 0.963. The van der Waals surface area contributed by atoms with Crippen LogP contribution in [-0.4, -0.2) is 80.6 Å². The fourth-order valence-corrected chi connectivity index (χ4v) is 3.12. The van der Waals surface area contributed by atoms with E-state index >= 15 is 0 Å². The van der Waals surface area contributed by atoms with Crippen LogP contribution >= 0.6 is 23.2 Å². The molecule has 1 aromatic carbocycles. The Morgan fingerprint density at radius 3 is 2.54 bits per heavy atom. The second-order valence-corrected chi connectivity index (χ2v) is 7.09. The van der Waals surface area contributed by atoms with E-state index in [4.69, 9.17) is 27.9 Å². The molecule has 24 heavy (non-hydrogen) atoms. The molecule has 1 saturated heterocycles. The summed E-state index contributed by atoms with van der Waals surface area (Å²) in [4.78, 5) is 18.7. The van der Waals surface area contributed by atoms with Gasteiger partial charge < -0.3 is 14.5 Å². The molecule has 1 aromatic rings. The van der Waals surface area contributed by atoms with E-state index in [2.05, 4.69) is 23.9 Å². The highest BCUT2D eigenvalue weighted by molar-refractivity contribution is 6.35. The summed E-state index contributed by atoms with van der Waals surface area (Å²) in [6.07, 6.45) is 1.15. The zero-order valence-electron chi connectivity index (χ0n) is 14.3. The summed E-state index contributed by atoms with van der Waals surface area (Å²) in [5.74, 6) is 0.477. The molecule has 1 amide bonds. The molecular weight excluding hydrogens is 349 g/mol. The molecule has 0 saturated carbocycles. The number of benzene rings is 1. The van der Waals surface area contributed by atoms with Gasteiger partial charge in [0.2, 0.25) is 0 Å². The van der Waals surface area contributed by atoms with Gasteiger partial charge in [-0.05, 0) is 51.8 Å². The third-order valence-corrected chi connectivity index (χ3v) is 4.58. The molecule has 1 fully saturated rings. The molecule has 0 unspecified atom stereocenters. The van der Waals surface area contributed by atoms with E-state index < -0.39 is 0 Å². The van der Waals surface area contributed by atoms with Gasteiger partial charge in [0.15, 0.2) is 6.61 Å². The maximum absolute atomic E-state index is 12.3. The molecule has 0 aliphatic carbocycles. The van der Waals surface area contributed by atoms with Crippen molar-refractivity contribution in [3.8, 4) is 5.75 Å². The summed E-state index contributed by atoms with van der Waals surface area (Å²) in [6, 6.07) is 4.98. The molecule has 1 aliphatic heterocycles. The van der Waals surface area contributed by atoms with Crippen LogP contribution in [-0.2, 0) is 4.79 Å². The fourth-order valence-electron chi connectivity index (χ4n) is 2.65. The molecule has 0 radical (unpaired) electrons. The van der Waals surface area contributed by atoms with E-state index in [1.54, 1.807) is 18.2 Å². The largest absolute Gasteiger partial charge is 0.482 e. The van der Waals surface area contributed by atoms with Gasteiger partial charge in [-0.15, -0.1) is 0 Å². The summed E-state index contributed by atoms with van der Waals surface area (Å²) in [7, 11) is 4.17. The molecule has 134 valence electrons. The van der Waals surface area contributed by atoms with Gasteiger partial charge in [0.25, 0.3) is 5.91 Å². The Morgan fingerprint density at radius 2 is 1.92 bits per heavy atom.